The number of alkyl halides is 5. The van der Waals surface area contributed by atoms with Gasteiger partial charge in [-0.05, 0) is 41.1 Å². The molecule has 0 N–H and O–H groups in total. The van der Waals surface area contributed by atoms with Crippen LogP contribution in [-0.4, -0.2) is 4.98 Å². The first-order chi connectivity index (χ1) is 6.73. The minimum Gasteiger partial charge on any atom is -0.241 e. The zero-order valence-corrected chi connectivity index (χ0v) is 9.53. The third kappa shape index (κ3) is 2.76. The number of nitrogens with zero attached hydrogens (tertiary/aromatic N) is 1. The number of hydrogen-bond donors (Lipinski definition) is 0. The molecule has 0 atom stereocenters. The van der Waals surface area contributed by atoms with Crippen LogP contribution in [0, 0.1) is 10.6 Å². The van der Waals surface area contributed by atoms with Crippen molar-refractivity contribution in [2.45, 2.75) is 19.5 Å². The normalized spacial score (nSPS) is 12.3. The Morgan fingerprint density at radius 3 is 2.27 bits per heavy atom. The van der Waals surface area contributed by atoms with Crippen LogP contribution in [0.2, 0.25) is 0 Å². The van der Waals surface area contributed by atoms with Gasteiger partial charge in [0.25, 0.3) is 6.43 Å². The quantitative estimate of drug-likeness (QED) is 0.430. The van der Waals surface area contributed by atoms with E-state index >= 15 is 0 Å². The standard InChI is InChI=1S/C8H5F5IN/c1-3-4(8(11,12)13)2-5(6(9)10)15-7(3)14/h2,6H,1H3. The van der Waals surface area contributed by atoms with Gasteiger partial charge < -0.3 is 0 Å². The summed E-state index contributed by atoms with van der Waals surface area (Å²) in [4.78, 5) is 3.38. The van der Waals surface area contributed by atoms with Gasteiger partial charge in [-0.15, -0.1) is 0 Å². The molecule has 0 aromatic carbocycles. The maximum absolute atomic E-state index is 12.4. The molecule has 1 nitrogen and oxygen atoms in total. The van der Waals surface area contributed by atoms with Crippen LogP contribution in [0.5, 0.6) is 0 Å². The summed E-state index contributed by atoms with van der Waals surface area (Å²) in [6, 6.07) is 0.391. The van der Waals surface area contributed by atoms with E-state index in [2.05, 4.69) is 4.98 Å². The minimum absolute atomic E-state index is 0.0577. The zero-order valence-electron chi connectivity index (χ0n) is 7.37. The second-order valence-corrected chi connectivity index (χ2v) is 3.83. The fourth-order valence-corrected chi connectivity index (χ4v) is 1.57. The van der Waals surface area contributed by atoms with Crippen molar-refractivity contribution >= 4 is 22.6 Å². The van der Waals surface area contributed by atoms with E-state index in [0.717, 1.165) is 0 Å². The van der Waals surface area contributed by atoms with Crippen LogP contribution in [0.1, 0.15) is 23.2 Å². The van der Waals surface area contributed by atoms with Crippen LogP contribution < -0.4 is 0 Å². The molecule has 1 heterocycles. The summed E-state index contributed by atoms with van der Waals surface area (Å²) in [6.07, 6.45) is -7.63. The molecule has 1 aromatic rings. The Kier molecular flexibility index (Phi) is 3.51. The van der Waals surface area contributed by atoms with Crippen molar-refractivity contribution < 1.29 is 22.0 Å². The number of halogens is 6. The molecule has 0 amide bonds. The highest BCUT2D eigenvalue weighted by atomic mass is 127. The summed E-state index contributed by atoms with van der Waals surface area (Å²) >= 11 is 1.50. The Bertz CT molecular complexity index is 374. The second kappa shape index (κ2) is 4.18. The predicted molar refractivity (Wildman–Crippen MR) is 51.7 cm³/mol. The fraction of sp³-hybridized carbons (Fsp3) is 0.375. The van der Waals surface area contributed by atoms with Crippen LogP contribution in [0.4, 0.5) is 22.0 Å². The van der Waals surface area contributed by atoms with Crippen LogP contribution >= 0.6 is 22.6 Å². The molecule has 0 saturated heterocycles. The molecule has 7 heteroatoms. The van der Waals surface area contributed by atoms with E-state index in [9.17, 15) is 22.0 Å². The summed E-state index contributed by atoms with van der Waals surface area (Å²) in [5.41, 5.74) is -2.04. The van der Waals surface area contributed by atoms with Gasteiger partial charge in [0.1, 0.15) is 9.39 Å². The van der Waals surface area contributed by atoms with Crippen molar-refractivity contribution in [1.82, 2.24) is 4.98 Å². The number of aromatic nitrogens is 1. The molecule has 0 aliphatic heterocycles. The van der Waals surface area contributed by atoms with E-state index in [1.165, 1.54) is 29.5 Å². The first kappa shape index (κ1) is 12.6. The minimum atomic E-state index is -4.63. The Morgan fingerprint density at radius 2 is 1.87 bits per heavy atom. The summed E-state index contributed by atoms with van der Waals surface area (Å²) in [5.74, 6) is 0. The summed E-state index contributed by atoms with van der Waals surface area (Å²) < 4.78 is 61.6. The molecule has 1 rings (SSSR count). The molecule has 84 valence electrons. The van der Waals surface area contributed by atoms with Crippen LogP contribution in [0.25, 0.3) is 0 Å². The largest absolute Gasteiger partial charge is 0.416 e. The van der Waals surface area contributed by atoms with E-state index in [0.29, 0.717) is 6.07 Å². The molecule has 0 unspecified atom stereocenters. The number of hydrogen-bond acceptors (Lipinski definition) is 1. The molecule has 1 aromatic heterocycles. The van der Waals surface area contributed by atoms with Gasteiger partial charge in [0.15, 0.2) is 0 Å². The average Bonchev–Trinajstić information content (AvgIpc) is 2.06. The first-order valence-electron chi connectivity index (χ1n) is 3.76. The Morgan fingerprint density at radius 1 is 1.33 bits per heavy atom. The van der Waals surface area contributed by atoms with Gasteiger partial charge in [-0.25, -0.2) is 13.8 Å². The molecule has 15 heavy (non-hydrogen) atoms. The summed E-state index contributed by atoms with van der Waals surface area (Å²) in [7, 11) is 0. The lowest BCUT2D eigenvalue weighted by atomic mass is 10.1. The highest BCUT2D eigenvalue weighted by Gasteiger charge is 2.34. The third-order valence-corrected chi connectivity index (χ3v) is 2.81. The topological polar surface area (TPSA) is 12.9 Å². The van der Waals surface area contributed by atoms with Crippen molar-refractivity contribution in [2.75, 3.05) is 0 Å². The Labute approximate surface area is 95.8 Å². The van der Waals surface area contributed by atoms with Crippen molar-refractivity contribution in [2.24, 2.45) is 0 Å². The maximum Gasteiger partial charge on any atom is 0.416 e. The van der Waals surface area contributed by atoms with Crippen LogP contribution in [0.15, 0.2) is 6.07 Å². The van der Waals surface area contributed by atoms with Crippen LogP contribution in [0.3, 0.4) is 0 Å². The fourth-order valence-electron chi connectivity index (χ4n) is 1.00. The van der Waals surface area contributed by atoms with Gasteiger partial charge in [-0.1, -0.05) is 0 Å². The van der Waals surface area contributed by atoms with Gasteiger partial charge in [-0.2, -0.15) is 13.2 Å². The molecule has 0 spiro atoms. The third-order valence-electron chi connectivity index (χ3n) is 1.76. The molecular formula is C8H5F5IN. The number of rotatable bonds is 1. The maximum atomic E-state index is 12.4. The average molecular weight is 337 g/mol. The van der Waals surface area contributed by atoms with Gasteiger partial charge >= 0.3 is 6.18 Å². The second-order valence-electron chi connectivity index (χ2n) is 2.81. The van der Waals surface area contributed by atoms with Crippen molar-refractivity contribution in [3.63, 3.8) is 0 Å². The summed E-state index contributed by atoms with van der Waals surface area (Å²) in [5, 5.41) is 0. The molecule has 0 aliphatic rings. The highest BCUT2D eigenvalue weighted by molar-refractivity contribution is 14.1. The smallest absolute Gasteiger partial charge is 0.241 e. The molecule has 0 radical (unpaired) electrons. The van der Waals surface area contributed by atoms with Crippen molar-refractivity contribution in [3.05, 3.63) is 26.6 Å². The SMILES string of the molecule is Cc1c(C(F)(F)F)cc(C(F)F)nc1I. The van der Waals surface area contributed by atoms with Gasteiger partial charge in [0.2, 0.25) is 0 Å². The molecule has 0 bridgehead atoms. The zero-order chi connectivity index (χ0) is 11.8. The van der Waals surface area contributed by atoms with E-state index in [4.69, 9.17) is 0 Å². The van der Waals surface area contributed by atoms with Crippen molar-refractivity contribution in [3.8, 4) is 0 Å². The van der Waals surface area contributed by atoms with E-state index in [1.807, 2.05) is 0 Å². The monoisotopic (exact) mass is 337 g/mol. The van der Waals surface area contributed by atoms with E-state index in [-0.39, 0.29) is 9.26 Å². The lowest BCUT2D eigenvalue weighted by molar-refractivity contribution is -0.138. The number of pyridine rings is 1. The Hall–Kier alpha value is -0.470. The van der Waals surface area contributed by atoms with Crippen molar-refractivity contribution in [1.29, 1.82) is 0 Å². The molecular weight excluding hydrogens is 332 g/mol. The highest BCUT2D eigenvalue weighted by Crippen LogP contribution is 2.35. The van der Waals surface area contributed by atoms with Gasteiger partial charge in [0, 0.05) is 0 Å². The predicted octanol–water partition coefficient (Wildman–Crippen LogP) is 3.95. The molecule has 0 saturated carbocycles. The van der Waals surface area contributed by atoms with E-state index in [1.54, 1.807) is 0 Å². The molecule has 0 fully saturated rings. The summed E-state index contributed by atoms with van der Waals surface area (Å²) in [6.45, 7) is 1.20. The van der Waals surface area contributed by atoms with Gasteiger partial charge in [0.05, 0.1) is 5.56 Å². The lowest BCUT2D eigenvalue weighted by Crippen LogP contribution is -2.11. The lowest BCUT2D eigenvalue weighted by Gasteiger charge is -2.12. The van der Waals surface area contributed by atoms with Crippen LogP contribution in [-0.2, 0) is 6.18 Å². The van der Waals surface area contributed by atoms with Gasteiger partial charge in [-0.3, -0.25) is 0 Å². The Balaban J connectivity index is 3.38. The molecule has 0 aliphatic carbocycles. The van der Waals surface area contributed by atoms with E-state index < -0.39 is 23.9 Å². The first-order valence-corrected chi connectivity index (χ1v) is 4.83.